The van der Waals surface area contributed by atoms with Gasteiger partial charge >= 0.3 is 0 Å². The lowest BCUT2D eigenvalue weighted by molar-refractivity contribution is 0.111. The molecule has 0 aliphatic carbocycles. The average Bonchev–Trinajstić information content (AvgIpc) is 2.87. The third-order valence-electron chi connectivity index (χ3n) is 3.23. The first-order valence-corrected chi connectivity index (χ1v) is 7.72. The minimum Gasteiger partial charge on any atom is -0.296 e. The zero-order chi connectivity index (χ0) is 15.0. The summed E-state index contributed by atoms with van der Waals surface area (Å²) < 4.78 is 26.5. The van der Waals surface area contributed by atoms with Gasteiger partial charge in [0.25, 0.3) is 10.0 Å². The number of fused-ring (bicyclic) bond motifs is 1. The summed E-state index contributed by atoms with van der Waals surface area (Å²) in [5.74, 6) is 0. The van der Waals surface area contributed by atoms with E-state index in [1.807, 2.05) is 6.92 Å². The molecule has 0 radical (unpaired) electrons. The Balaban J connectivity index is 2.32. The summed E-state index contributed by atoms with van der Waals surface area (Å²) in [6, 6.07) is 11.4. The van der Waals surface area contributed by atoms with E-state index in [-0.39, 0.29) is 16.2 Å². The minimum absolute atomic E-state index is 0.0595. The molecule has 3 aromatic rings. The van der Waals surface area contributed by atoms with Gasteiger partial charge in [0.1, 0.15) is 0 Å². The van der Waals surface area contributed by atoms with Gasteiger partial charge in [0.05, 0.1) is 10.6 Å². The predicted molar refractivity (Wildman–Crippen MR) is 78.9 cm³/mol. The van der Waals surface area contributed by atoms with Crippen LogP contribution in [0.2, 0.25) is 0 Å². The Morgan fingerprint density at radius 1 is 1.14 bits per heavy atom. The van der Waals surface area contributed by atoms with Crippen molar-refractivity contribution in [3.63, 3.8) is 0 Å². The van der Waals surface area contributed by atoms with Gasteiger partial charge in [0.2, 0.25) is 0 Å². The van der Waals surface area contributed by atoms with Gasteiger partial charge < -0.3 is 0 Å². The Hall–Kier alpha value is -2.47. The highest BCUT2D eigenvalue weighted by Crippen LogP contribution is 2.23. The number of pyridine rings is 1. The van der Waals surface area contributed by atoms with Gasteiger partial charge in [0, 0.05) is 11.6 Å². The fourth-order valence-corrected chi connectivity index (χ4v) is 3.63. The zero-order valence-electron chi connectivity index (χ0n) is 11.2. The van der Waals surface area contributed by atoms with Crippen LogP contribution in [-0.4, -0.2) is 23.7 Å². The van der Waals surface area contributed by atoms with Gasteiger partial charge in [-0.15, -0.1) is 0 Å². The monoisotopic (exact) mass is 300 g/mol. The molecule has 0 aliphatic heterocycles. The van der Waals surface area contributed by atoms with Crippen molar-refractivity contribution in [2.75, 3.05) is 0 Å². The smallest absolute Gasteiger partial charge is 0.270 e. The molecule has 0 aliphatic rings. The van der Waals surface area contributed by atoms with Crippen LogP contribution in [0.4, 0.5) is 0 Å². The van der Waals surface area contributed by atoms with Crippen LogP contribution in [0.25, 0.3) is 11.0 Å². The summed E-state index contributed by atoms with van der Waals surface area (Å²) in [5, 5.41) is 0.607. The number of benzene rings is 1. The number of rotatable bonds is 3. The van der Waals surface area contributed by atoms with Crippen molar-refractivity contribution in [2.24, 2.45) is 0 Å². The van der Waals surface area contributed by atoms with E-state index in [0.29, 0.717) is 11.7 Å². The van der Waals surface area contributed by atoms with Gasteiger partial charge in [-0.2, -0.15) is 0 Å². The van der Waals surface area contributed by atoms with E-state index < -0.39 is 10.0 Å². The molecular weight excluding hydrogens is 288 g/mol. The molecule has 0 bridgehead atoms. The number of aldehydes is 1. The van der Waals surface area contributed by atoms with Gasteiger partial charge in [-0.1, -0.05) is 17.7 Å². The quantitative estimate of drug-likeness (QED) is 0.696. The third-order valence-corrected chi connectivity index (χ3v) is 4.96. The second kappa shape index (κ2) is 4.82. The Bertz CT molecular complexity index is 925. The molecular formula is C15H12N2O3S. The second-order valence-electron chi connectivity index (χ2n) is 4.69. The molecule has 0 fully saturated rings. The van der Waals surface area contributed by atoms with Crippen molar-refractivity contribution >= 4 is 27.3 Å². The van der Waals surface area contributed by atoms with Crippen LogP contribution >= 0.6 is 0 Å². The molecule has 0 atom stereocenters. The standard InChI is InChI=1S/C15H12N2O3S/c1-11-4-6-14(7-5-11)21(19,20)17-13(10-18)9-12-3-2-8-16-15(12)17/h2-10H,1H3. The first-order valence-electron chi connectivity index (χ1n) is 6.28. The maximum absolute atomic E-state index is 12.8. The van der Waals surface area contributed by atoms with Gasteiger partial charge in [0.15, 0.2) is 11.9 Å². The van der Waals surface area contributed by atoms with E-state index in [9.17, 15) is 13.2 Å². The minimum atomic E-state index is -3.86. The normalized spacial score (nSPS) is 11.7. The Labute approximate surface area is 121 Å². The number of aryl methyl sites for hydroxylation is 1. The Morgan fingerprint density at radius 3 is 2.52 bits per heavy atom. The van der Waals surface area contributed by atoms with Crippen molar-refractivity contribution in [1.82, 2.24) is 8.96 Å². The van der Waals surface area contributed by atoms with Crippen molar-refractivity contribution in [3.8, 4) is 0 Å². The molecule has 0 saturated heterocycles. The zero-order valence-corrected chi connectivity index (χ0v) is 12.0. The molecule has 0 spiro atoms. The lowest BCUT2D eigenvalue weighted by atomic mass is 10.2. The summed E-state index contributed by atoms with van der Waals surface area (Å²) in [6.45, 7) is 1.87. The van der Waals surface area contributed by atoms with Crippen LogP contribution in [0.15, 0.2) is 53.6 Å². The molecule has 2 aromatic heterocycles. The SMILES string of the molecule is Cc1ccc(S(=O)(=O)n2c(C=O)cc3cccnc32)cc1. The maximum atomic E-state index is 12.8. The van der Waals surface area contributed by atoms with Crippen LogP contribution < -0.4 is 0 Å². The molecule has 5 nitrogen and oxygen atoms in total. The lowest BCUT2D eigenvalue weighted by Crippen LogP contribution is -2.16. The molecule has 6 heteroatoms. The topological polar surface area (TPSA) is 69.0 Å². The number of hydrogen-bond acceptors (Lipinski definition) is 4. The van der Waals surface area contributed by atoms with Crippen molar-refractivity contribution in [3.05, 3.63) is 59.9 Å². The first kappa shape index (κ1) is 13.5. The summed E-state index contributed by atoms with van der Waals surface area (Å²) in [5.41, 5.74) is 1.27. The molecule has 1 aromatic carbocycles. The number of carbonyl (C=O) groups excluding carboxylic acids is 1. The second-order valence-corrected chi connectivity index (χ2v) is 6.47. The number of aromatic nitrogens is 2. The predicted octanol–water partition coefficient (Wildman–Crippen LogP) is 2.39. The van der Waals surface area contributed by atoms with E-state index in [4.69, 9.17) is 0 Å². The first-order chi connectivity index (χ1) is 10.0. The van der Waals surface area contributed by atoms with Crippen molar-refractivity contribution < 1.29 is 13.2 Å². The highest BCUT2D eigenvalue weighted by molar-refractivity contribution is 7.90. The van der Waals surface area contributed by atoms with E-state index in [2.05, 4.69) is 4.98 Å². The van der Waals surface area contributed by atoms with Crippen LogP contribution in [-0.2, 0) is 10.0 Å². The van der Waals surface area contributed by atoms with E-state index in [1.165, 1.54) is 24.4 Å². The molecule has 21 heavy (non-hydrogen) atoms. The molecule has 0 saturated carbocycles. The molecule has 0 amide bonds. The molecule has 106 valence electrons. The third kappa shape index (κ3) is 2.13. The number of carbonyl (C=O) groups is 1. The molecule has 0 unspecified atom stereocenters. The highest BCUT2D eigenvalue weighted by Gasteiger charge is 2.23. The van der Waals surface area contributed by atoms with Crippen LogP contribution in [0.3, 0.4) is 0 Å². The summed E-state index contributed by atoms with van der Waals surface area (Å²) in [6.07, 6.45) is 2.02. The van der Waals surface area contributed by atoms with Crippen LogP contribution in [0.5, 0.6) is 0 Å². The number of hydrogen-bond donors (Lipinski definition) is 0. The van der Waals surface area contributed by atoms with E-state index in [1.54, 1.807) is 24.3 Å². The number of nitrogens with zero attached hydrogens (tertiary/aromatic N) is 2. The summed E-state index contributed by atoms with van der Waals surface area (Å²) >= 11 is 0. The average molecular weight is 300 g/mol. The van der Waals surface area contributed by atoms with Crippen molar-refractivity contribution in [2.45, 2.75) is 11.8 Å². The Kier molecular flexibility index (Phi) is 3.10. The van der Waals surface area contributed by atoms with E-state index >= 15 is 0 Å². The van der Waals surface area contributed by atoms with Gasteiger partial charge in [-0.05, 0) is 37.3 Å². The van der Waals surface area contributed by atoms with Crippen molar-refractivity contribution in [1.29, 1.82) is 0 Å². The summed E-state index contributed by atoms with van der Waals surface area (Å²) in [7, 11) is -3.86. The Morgan fingerprint density at radius 2 is 1.86 bits per heavy atom. The van der Waals surface area contributed by atoms with Gasteiger partial charge in [-0.3, -0.25) is 4.79 Å². The van der Waals surface area contributed by atoms with E-state index in [0.717, 1.165) is 9.54 Å². The van der Waals surface area contributed by atoms with Crippen LogP contribution in [0.1, 0.15) is 16.1 Å². The van der Waals surface area contributed by atoms with Gasteiger partial charge in [-0.25, -0.2) is 17.4 Å². The fourth-order valence-electron chi connectivity index (χ4n) is 2.18. The van der Waals surface area contributed by atoms with Crippen LogP contribution in [0, 0.1) is 6.92 Å². The largest absolute Gasteiger partial charge is 0.296 e. The highest BCUT2D eigenvalue weighted by atomic mass is 32.2. The maximum Gasteiger partial charge on any atom is 0.270 e. The summed E-state index contributed by atoms with van der Waals surface area (Å²) in [4.78, 5) is 15.4. The fraction of sp³-hybridized carbons (Fsp3) is 0.0667. The molecule has 3 rings (SSSR count). The molecule has 2 heterocycles. The molecule has 0 N–H and O–H groups in total. The lowest BCUT2D eigenvalue weighted by Gasteiger charge is -2.08.